The quantitative estimate of drug-likeness (QED) is 0.195. The van der Waals surface area contributed by atoms with Crippen LogP contribution in [0.2, 0.25) is 0 Å². The van der Waals surface area contributed by atoms with E-state index in [1.54, 1.807) is 0 Å². The summed E-state index contributed by atoms with van der Waals surface area (Å²) in [5.41, 5.74) is 7.07. The lowest BCUT2D eigenvalue weighted by Gasteiger charge is -2.19. The number of amides is 1. The molecule has 8 nitrogen and oxygen atoms in total. The monoisotopic (exact) mass is 570 g/mol. The highest BCUT2D eigenvalue weighted by molar-refractivity contribution is 5.79. The van der Waals surface area contributed by atoms with E-state index in [0.29, 0.717) is 39.1 Å². The van der Waals surface area contributed by atoms with E-state index in [1.165, 1.54) is 0 Å². The molecule has 0 aliphatic rings. The van der Waals surface area contributed by atoms with Gasteiger partial charge in [0.25, 0.3) is 0 Å². The van der Waals surface area contributed by atoms with E-state index in [4.69, 9.17) is 19.9 Å². The van der Waals surface area contributed by atoms with E-state index in [9.17, 15) is 14.4 Å². The maximum atomic E-state index is 11.7. The van der Waals surface area contributed by atoms with Crippen molar-refractivity contribution in [2.24, 2.45) is 5.73 Å². The number of hydrogen-bond donors (Lipinski definition) is 2. The molecule has 2 aromatic rings. The molecule has 0 spiro atoms. The molecule has 0 fully saturated rings. The molecule has 228 valence electrons. The van der Waals surface area contributed by atoms with Crippen LogP contribution in [0.1, 0.15) is 83.3 Å². The zero-order chi connectivity index (χ0) is 30.2. The Balaban J connectivity index is 0.000000435. The first-order valence-electron chi connectivity index (χ1n) is 14.6. The van der Waals surface area contributed by atoms with Gasteiger partial charge in [0.05, 0.1) is 13.2 Å². The lowest BCUT2D eigenvalue weighted by molar-refractivity contribution is -0.124. The van der Waals surface area contributed by atoms with Crippen LogP contribution in [0.25, 0.3) is 0 Å². The Morgan fingerprint density at radius 2 is 1.15 bits per heavy atom. The predicted octanol–water partition coefficient (Wildman–Crippen LogP) is 6.15. The van der Waals surface area contributed by atoms with Crippen molar-refractivity contribution < 1.29 is 28.6 Å². The molecule has 0 bridgehead atoms. The number of nitrogens with two attached hydrogens (primary N) is 1. The Kier molecular flexibility index (Phi) is 19.8. The van der Waals surface area contributed by atoms with E-state index in [1.807, 2.05) is 81.4 Å². The molecule has 0 heterocycles. The maximum absolute atomic E-state index is 11.7. The second-order valence-corrected chi connectivity index (χ2v) is 10.9. The normalized spacial score (nSPS) is 10.8. The predicted molar refractivity (Wildman–Crippen MR) is 162 cm³/mol. The van der Waals surface area contributed by atoms with Crippen molar-refractivity contribution in [1.82, 2.24) is 5.32 Å². The third-order valence-electron chi connectivity index (χ3n) is 5.71. The van der Waals surface area contributed by atoms with Crippen LogP contribution in [0, 0.1) is 0 Å². The molecule has 2 rings (SSSR count). The summed E-state index contributed by atoms with van der Waals surface area (Å²) in [6, 6.07) is 19.7. The molecular formula is C33H50N2O6. The zero-order valence-electron chi connectivity index (χ0n) is 25.2. The molecule has 1 amide bonds. The number of carbonyl (C=O) groups excluding carboxylic acids is 3. The second kappa shape index (κ2) is 22.6. The second-order valence-electron chi connectivity index (χ2n) is 10.9. The Labute approximate surface area is 246 Å². The van der Waals surface area contributed by atoms with Crippen LogP contribution < -0.4 is 11.1 Å². The number of hydrogen-bond acceptors (Lipinski definition) is 7. The van der Waals surface area contributed by atoms with E-state index in [0.717, 1.165) is 49.7 Å². The molecule has 0 saturated carbocycles. The lowest BCUT2D eigenvalue weighted by atomic mass is 10.1. The molecule has 41 heavy (non-hydrogen) atoms. The van der Waals surface area contributed by atoms with Crippen molar-refractivity contribution in [2.75, 3.05) is 26.3 Å². The van der Waals surface area contributed by atoms with Gasteiger partial charge in [-0.05, 0) is 64.1 Å². The number of benzene rings is 2. The van der Waals surface area contributed by atoms with Crippen LogP contribution in [0.3, 0.4) is 0 Å². The number of rotatable bonds is 19. The maximum Gasteiger partial charge on any atom is 0.407 e. The first-order chi connectivity index (χ1) is 19.7. The largest absolute Gasteiger partial charge is 0.444 e. The third kappa shape index (κ3) is 22.3. The molecular weight excluding hydrogens is 520 g/mol. The highest BCUT2D eigenvalue weighted by Gasteiger charge is 2.15. The standard InChI is InChI=1S/C19H29NO4.C14H21NO2/c1-19(2,3)24-18(22)20-13-9-5-8-12-17(21)15-23-14-16-10-6-4-7-11-16;15-10-6-2-5-9-14(16)12-17-11-13-7-3-1-4-8-13/h4,6-7,10-11H,5,8-9,12-15H2,1-3H3,(H,20,22);1,3-4,7-8H,2,5-6,9-12,15H2. The number of ketones is 2. The number of unbranched alkanes of at least 4 members (excludes halogenated alkanes) is 4. The molecule has 0 aliphatic carbocycles. The topological polar surface area (TPSA) is 117 Å². The van der Waals surface area contributed by atoms with Crippen LogP contribution in [0.5, 0.6) is 0 Å². The van der Waals surface area contributed by atoms with Crippen molar-refractivity contribution in [3.8, 4) is 0 Å². The van der Waals surface area contributed by atoms with E-state index in [-0.39, 0.29) is 24.8 Å². The molecule has 0 radical (unpaired) electrons. The number of carbonyl (C=O) groups is 3. The van der Waals surface area contributed by atoms with Crippen LogP contribution in [0.15, 0.2) is 60.7 Å². The van der Waals surface area contributed by atoms with Gasteiger partial charge >= 0.3 is 6.09 Å². The highest BCUT2D eigenvalue weighted by Crippen LogP contribution is 2.07. The number of ether oxygens (including phenoxy) is 3. The molecule has 0 aromatic heterocycles. The fourth-order valence-electron chi connectivity index (χ4n) is 3.63. The van der Waals surface area contributed by atoms with Gasteiger partial charge < -0.3 is 25.3 Å². The summed E-state index contributed by atoms with van der Waals surface area (Å²) in [5, 5.41) is 2.71. The minimum atomic E-state index is -0.476. The van der Waals surface area contributed by atoms with Crippen molar-refractivity contribution in [2.45, 2.75) is 91.0 Å². The molecule has 8 heteroatoms. The summed E-state index contributed by atoms with van der Waals surface area (Å²) in [5.74, 6) is 0.295. The fourth-order valence-corrected chi connectivity index (χ4v) is 3.63. The summed E-state index contributed by atoms with van der Waals surface area (Å²) in [7, 11) is 0. The van der Waals surface area contributed by atoms with Gasteiger partial charge in [-0.25, -0.2) is 4.79 Å². The summed E-state index contributed by atoms with van der Waals surface area (Å²) in [6.07, 6.45) is 6.20. The summed E-state index contributed by atoms with van der Waals surface area (Å²) in [6.45, 7) is 8.12. The molecule has 3 N–H and O–H groups in total. The number of Topliss-reactive ketones (excluding diaryl/α,β-unsaturated/α-hetero) is 2. The molecule has 2 aromatic carbocycles. The number of alkyl carbamates (subject to hydrolysis) is 1. The van der Waals surface area contributed by atoms with E-state index >= 15 is 0 Å². The first-order valence-corrected chi connectivity index (χ1v) is 14.6. The van der Waals surface area contributed by atoms with Gasteiger partial charge in [-0.15, -0.1) is 0 Å². The zero-order valence-corrected chi connectivity index (χ0v) is 25.2. The molecule has 0 aliphatic heterocycles. The number of nitrogens with one attached hydrogen (secondary N) is 1. The minimum Gasteiger partial charge on any atom is -0.444 e. The molecule has 0 atom stereocenters. The molecule has 0 saturated heterocycles. The van der Waals surface area contributed by atoms with Crippen molar-refractivity contribution in [1.29, 1.82) is 0 Å². The van der Waals surface area contributed by atoms with E-state index in [2.05, 4.69) is 5.32 Å². The summed E-state index contributed by atoms with van der Waals surface area (Å²) in [4.78, 5) is 34.6. The van der Waals surface area contributed by atoms with Crippen molar-refractivity contribution in [3.05, 3.63) is 71.8 Å². The van der Waals surface area contributed by atoms with Gasteiger partial charge in [-0.2, -0.15) is 0 Å². The van der Waals surface area contributed by atoms with Gasteiger partial charge in [0, 0.05) is 19.4 Å². The van der Waals surface area contributed by atoms with E-state index < -0.39 is 11.7 Å². The van der Waals surface area contributed by atoms with Crippen molar-refractivity contribution in [3.63, 3.8) is 0 Å². The average molecular weight is 571 g/mol. The van der Waals surface area contributed by atoms with Gasteiger partial charge in [0.1, 0.15) is 18.8 Å². The van der Waals surface area contributed by atoms with Crippen LogP contribution >= 0.6 is 0 Å². The van der Waals surface area contributed by atoms with Gasteiger partial charge in [-0.1, -0.05) is 73.5 Å². The Morgan fingerprint density at radius 3 is 1.59 bits per heavy atom. The van der Waals surface area contributed by atoms with Crippen molar-refractivity contribution >= 4 is 17.7 Å². The highest BCUT2D eigenvalue weighted by atomic mass is 16.6. The van der Waals surface area contributed by atoms with Gasteiger partial charge in [0.15, 0.2) is 11.6 Å². The summed E-state index contributed by atoms with van der Waals surface area (Å²) < 4.78 is 15.9. The smallest absolute Gasteiger partial charge is 0.407 e. The first kappa shape index (κ1) is 36.0. The molecule has 0 unspecified atom stereocenters. The Morgan fingerprint density at radius 1 is 0.683 bits per heavy atom. The van der Waals surface area contributed by atoms with Crippen LogP contribution in [0.4, 0.5) is 4.79 Å². The summed E-state index contributed by atoms with van der Waals surface area (Å²) >= 11 is 0. The van der Waals surface area contributed by atoms with Gasteiger partial charge in [0.2, 0.25) is 0 Å². The van der Waals surface area contributed by atoms with Gasteiger partial charge in [-0.3, -0.25) is 9.59 Å². The minimum absolute atomic E-state index is 0.117. The van der Waals surface area contributed by atoms with Crippen LogP contribution in [-0.4, -0.2) is 49.6 Å². The average Bonchev–Trinajstić information content (AvgIpc) is 2.93. The SMILES string of the molecule is CC(C)(C)OC(=O)NCCCCCC(=O)COCc1ccccc1.NCCCCCC(=O)COCc1ccccc1. The Hall–Kier alpha value is -3.07. The fraction of sp³-hybridized carbons (Fsp3) is 0.545. The Bertz CT molecular complexity index is 961. The lowest BCUT2D eigenvalue weighted by Crippen LogP contribution is -2.32. The third-order valence-corrected chi connectivity index (χ3v) is 5.71. The van der Waals surface area contributed by atoms with Crippen LogP contribution in [-0.2, 0) is 37.0 Å².